The van der Waals surface area contributed by atoms with E-state index in [1.807, 2.05) is 24.8 Å². The molecule has 3 fully saturated rings. The molecule has 188 valence electrons. The van der Waals surface area contributed by atoms with Gasteiger partial charge in [-0.2, -0.15) is 0 Å². The summed E-state index contributed by atoms with van der Waals surface area (Å²) in [5, 5.41) is 0. The quantitative estimate of drug-likeness (QED) is 0.597. The lowest BCUT2D eigenvalue weighted by Gasteiger charge is -2.58. The van der Waals surface area contributed by atoms with Gasteiger partial charge in [0, 0.05) is 38.1 Å². The Morgan fingerprint density at radius 2 is 1.74 bits per heavy atom. The van der Waals surface area contributed by atoms with E-state index in [1.54, 1.807) is 12.4 Å². The molecule has 2 aromatic rings. The molecule has 1 saturated carbocycles. The van der Waals surface area contributed by atoms with Gasteiger partial charge in [-0.15, -0.1) is 0 Å². The monoisotopic (exact) mass is 483 g/mol. The molecule has 3 heterocycles. The molecule has 2 saturated heterocycles. The van der Waals surface area contributed by atoms with Crippen LogP contribution in [0.4, 0.5) is 15.1 Å². The molecule has 0 unspecified atom stereocenters. The van der Waals surface area contributed by atoms with E-state index >= 15 is 0 Å². The number of carbonyl (C=O) groups is 1. The maximum absolute atomic E-state index is 13.0. The van der Waals surface area contributed by atoms with Crippen LogP contribution in [0.2, 0.25) is 0 Å². The number of ether oxygens (including phenoxy) is 2. The average molecular weight is 484 g/mol. The third kappa shape index (κ3) is 5.19. The molecule has 0 radical (unpaired) electrons. The van der Waals surface area contributed by atoms with Crippen LogP contribution < -0.4 is 9.64 Å². The van der Waals surface area contributed by atoms with Crippen LogP contribution in [0.15, 0.2) is 42.7 Å². The third-order valence-electron chi connectivity index (χ3n) is 7.33. The minimum absolute atomic E-state index is 0.00832. The molecule has 1 spiro atoms. The first-order valence-corrected chi connectivity index (χ1v) is 12.5. The smallest absolute Gasteiger partial charge is 0.410 e. The van der Waals surface area contributed by atoms with Gasteiger partial charge in [-0.3, -0.25) is 9.80 Å². The highest BCUT2D eigenvalue weighted by molar-refractivity contribution is 5.69. The molecule has 0 bridgehead atoms. The number of benzene rings is 1. The van der Waals surface area contributed by atoms with Gasteiger partial charge >= 0.3 is 6.09 Å². The minimum atomic E-state index is -0.552. The molecule has 8 nitrogen and oxygen atoms in total. The van der Waals surface area contributed by atoms with Gasteiger partial charge in [0.1, 0.15) is 19.4 Å². The Hall–Kier alpha value is -2.94. The van der Waals surface area contributed by atoms with E-state index in [9.17, 15) is 9.18 Å². The molecule has 1 amide bonds. The Balaban J connectivity index is 1.07. The van der Waals surface area contributed by atoms with Crippen molar-refractivity contribution in [3.63, 3.8) is 0 Å². The summed E-state index contributed by atoms with van der Waals surface area (Å²) in [6.07, 6.45) is 4.82. The van der Waals surface area contributed by atoms with Gasteiger partial charge in [0.25, 0.3) is 0 Å². The third-order valence-corrected chi connectivity index (χ3v) is 7.33. The van der Waals surface area contributed by atoms with Gasteiger partial charge in [-0.1, -0.05) is 30.3 Å². The number of rotatable bonds is 7. The first-order chi connectivity index (χ1) is 16.9. The highest BCUT2D eigenvalue weighted by Gasteiger charge is 2.54. The van der Waals surface area contributed by atoms with Crippen molar-refractivity contribution < 1.29 is 18.7 Å². The fourth-order valence-corrected chi connectivity index (χ4v) is 5.86. The molecule has 2 aliphatic heterocycles. The molecule has 1 aliphatic carbocycles. The Bertz CT molecular complexity index is 982. The first-order valence-electron chi connectivity index (χ1n) is 12.5. The van der Waals surface area contributed by atoms with E-state index in [4.69, 9.17) is 9.47 Å². The Morgan fingerprint density at radius 1 is 1.09 bits per heavy atom. The molecule has 35 heavy (non-hydrogen) atoms. The SMILES string of the molecule is C[C@@H]1CN(c2ncc(OCCF)cn2)C[C@H](C)N1C(=O)OC1CC2(C1)CN(Cc1ccccc1)C2. The van der Waals surface area contributed by atoms with Crippen molar-refractivity contribution in [3.8, 4) is 5.75 Å². The summed E-state index contributed by atoms with van der Waals surface area (Å²) in [6.45, 7) is 7.88. The summed E-state index contributed by atoms with van der Waals surface area (Å²) in [5.41, 5.74) is 1.67. The van der Waals surface area contributed by atoms with Gasteiger partial charge in [-0.25, -0.2) is 19.2 Å². The normalized spacial score (nSPS) is 24.1. The molecule has 1 aromatic heterocycles. The summed E-state index contributed by atoms with van der Waals surface area (Å²) < 4.78 is 23.4. The maximum atomic E-state index is 13.0. The second kappa shape index (κ2) is 9.97. The van der Waals surface area contributed by atoms with Gasteiger partial charge in [0.15, 0.2) is 5.75 Å². The van der Waals surface area contributed by atoms with Crippen LogP contribution in [0.3, 0.4) is 0 Å². The molecular formula is C26H34FN5O3. The number of hydrogen-bond acceptors (Lipinski definition) is 7. The van der Waals surface area contributed by atoms with Gasteiger partial charge in [0.05, 0.1) is 24.5 Å². The van der Waals surface area contributed by atoms with Crippen LogP contribution >= 0.6 is 0 Å². The van der Waals surface area contributed by atoms with Crippen LogP contribution in [0.25, 0.3) is 0 Å². The number of nitrogens with zero attached hydrogens (tertiary/aromatic N) is 5. The highest BCUT2D eigenvalue weighted by atomic mass is 19.1. The zero-order valence-electron chi connectivity index (χ0n) is 20.5. The lowest BCUT2D eigenvalue weighted by Crippen LogP contribution is -2.65. The number of alkyl halides is 1. The van der Waals surface area contributed by atoms with Crippen LogP contribution in [-0.4, -0.2) is 83.5 Å². The summed E-state index contributed by atoms with van der Waals surface area (Å²) in [4.78, 5) is 28.1. The fraction of sp³-hybridized carbons (Fsp3) is 0.577. The molecule has 2 atom stereocenters. The summed E-state index contributed by atoms with van der Waals surface area (Å²) >= 11 is 0. The lowest BCUT2D eigenvalue weighted by molar-refractivity contribution is -0.137. The predicted molar refractivity (Wildman–Crippen MR) is 130 cm³/mol. The molecular weight excluding hydrogens is 449 g/mol. The second-order valence-electron chi connectivity index (χ2n) is 10.3. The number of carbonyl (C=O) groups excluding carboxylic acids is 1. The number of halogens is 1. The highest BCUT2D eigenvalue weighted by Crippen LogP contribution is 2.50. The van der Waals surface area contributed by atoms with Crippen molar-refractivity contribution >= 4 is 12.0 Å². The largest absolute Gasteiger partial charge is 0.488 e. The zero-order chi connectivity index (χ0) is 24.4. The second-order valence-corrected chi connectivity index (χ2v) is 10.3. The van der Waals surface area contributed by atoms with E-state index in [2.05, 4.69) is 44.0 Å². The Kier molecular flexibility index (Phi) is 6.77. The number of aromatic nitrogens is 2. The van der Waals surface area contributed by atoms with Gasteiger partial charge in [-0.05, 0) is 32.3 Å². The minimum Gasteiger partial charge on any atom is -0.488 e. The Labute approximate surface area is 206 Å². The number of anilines is 1. The number of amides is 1. The Morgan fingerprint density at radius 3 is 2.37 bits per heavy atom. The van der Waals surface area contributed by atoms with E-state index in [-0.39, 0.29) is 30.9 Å². The van der Waals surface area contributed by atoms with Gasteiger partial charge < -0.3 is 14.4 Å². The molecule has 5 rings (SSSR count). The summed E-state index contributed by atoms with van der Waals surface area (Å²) in [7, 11) is 0. The summed E-state index contributed by atoms with van der Waals surface area (Å²) in [6, 6.07) is 10.5. The van der Waals surface area contributed by atoms with Crippen molar-refractivity contribution in [2.24, 2.45) is 5.41 Å². The molecule has 0 N–H and O–H groups in total. The number of likely N-dealkylation sites (tertiary alicyclic amines) is 1. The molecule has 1 aromatic carbocycles. The zero-order valence-corrected chi connectivity index (χ0v) is 20.5. The standard InChI is InChI=1S/C26H34FN5O3/c1-19-14-31(24-28-12-23(13-29-24)34-9-8-27)15-20(2)32(19)25(33)35-22-10-26(11-22)17-30(18-26)16-21-6-4-3-5-7-21/h3-7,12-13,19-20,22H,8-11,14-18H2,1-2H3/t19-,20+. The van der Waals surface area contributed by atoms with Crippen molar-refractivity contribution in [2.75, 3.05) is 44.4 Å². The van der Waals surface area contributed by atoms with Crippen molar-refractivity contribution in [2.45, 2.75) is 51.4 Å². The fourth-order valence-electron chi connectivity index (χ4n) is 5.86. The topological polar surface area (TPSA) is 71.0 Å². The van der Waals surface area contributed by atoms with E-state index < -0.39 is 6.67 Å². The van der Waals surface area contributed by atoms with E-state index in [1.165, 1.54) is 5.56 Å². The molecule has 3 aliphatic rings. The van der Waals surface area contributed by atoms with Crippen molar-refractivity contribution in [1.82, 2.24) is 19.8 Å². The van der Waals surface area contributed by atoms with Crippen molar-refractivity contribution in [1.29, 1.82) is 0 Å². The maximum Gasteiger partial charge on any atom is 0.410 e. The van der Waals surface area contributed by atoms with Gasteiger partial charge in [0.2, 0.25) is 5.95 Å². The van der Waals surface area contributed by atoms with Crippen LogP contribution in [-0.2, 0) is 11.3 Å². The lowest BCUT2D eigenvalue weighted by atomic mass is 9.61. The average Bonchev–Trinajstić information content (AvgIpc) is 2.80. The van der Waals surface area contributed by atoms with Crippen LogP contribution in [0.1, 0.15) is 32.3 Å². The van der Waals surface area contributed by atoms with Crippen LogP contribution in [0, 0.1) is 5.41 Å². The predicted octanol–water partition coefficient (Wildman–Crippen LogP) is 3.53. The van der Waals surface area contributed by atoms with Crippen molar-refractivity contribution in [3.05, 3.63) is 48.3 Å². The first kappa shape index (κ1) is 23.8. The number of piperazine rings is 1. The van der Waals surface area contributed by atoms with E-state index in [0.29, 0.717) is 30.2 Å². The molecule has 9 heteroatoms. The van der Waals surface area contributed by atoms with Crippen LogP contribution in [0.5, 0.6) is 5.75 Å². The van der Waals surface area contributed by atoms with E-state index in [0.717, 1.165) is 32.5 Å². The number of hydrogen-bond donors (Lipinski definition) is 0. The summed E-state index contributed by atoms with van der Waals surface area (Å²) in [5.74, 6) is 1.03.